The third kappa shape index (κ3) is 4.16. The van der Waals surface area contributed by atoms with Gasteiger partial charge in [-0.15, -0.1) is 0 Å². The maximum Gasteiger partial charge on any atom is 0.295 e. The van der Waals surface area contributed by atoms with Crippen molar-refractivity contribution in [3.8, 4) is 0 Å². The van der Waals surface area contributed by atoms with E-state index in [-0.39, 0.29) is 18.0 Å². The van der Waals surface area contributed by atoms with Crippen molar-refractivity contribution >= 4 is 11.6 Å². The van der Waals surface area contributed by atoms with Crippen molar-refractivity contribution in [3.05, 3.63) is 99.7 Å². The SMILES string of the molecule is Cc1ccc(NC(=O)c2cccn(OCc3cccc(F)c3)c2=O)cc1. The van der Waals surface area contributed by atoms with Crippen molar-refractivity contribution in [2.24, 2.45) is 0 Å². The van der Waals surface area contributed by atoms with Gasteiger partial charge in [-0.05, 0) is 48.9 Å². The minimum absolute atomic E-state index is 0.000696. The lowest BCUT2D eigenvalue weighted by atomic mass is 10.2. The fraction of sp³-hybridized carbons (Fsp3) is 0.100. The second-order valence-corrected chi connectivity index (χ2v) is 5.78. The minimum Gasteiger partial charge on any atom is -0.406 e. The number of aromatic nitrogens is 1. The minimum atomic E-state index is -0.589. The number of nitrogens with zero attached hydrogens (tertiary/aromatic N) is 1. The molecule has 0 saturated carbocycles. The summed E-state index contributed by atoms with van der Waals surface area (Å²) in [4.78, 5) is 30.2. The third-order valence-corrected chi connectivity index (χ3v) is 3.73. The number of pyridine rings is 1. The van der Waals surface area contributed by atoms with Gasteiger partial charge in [0.25, 0.3) is 11.5 Å². The zero-order valence-electron chi connectivity index (χ0n) is 14.1. The first-order chi connectivity index (χ1) is 12.5. The number of benzene rings is 2. The molecule has 0 aliphatic rings. The molecule has 1 N–H and O–H groups in total. The highest BCUT2D eigenvalue weighted by Gasteiger charge is 2.13. The molecule has 132 valence electrons. The normalized spacial score (nSPS) is 10.4. The first-order valence-corrected chi connectivity index (χ1v) is 8.00. The maximum atomic E-state index is 13.2. The Labute approximate surface area is 149 Å². The highest BCUT2D eigenvalue weighted by molar-refractivity contribution is 6.03. The van der Waals surface area contributed by atoms with Crippen molar-refractivity contribution in [1.29, 1.82) is 0 Å². The molecule has 2 aromatic carbocycles. The van der Waals surface area contributed by atoms with Crippen molar-refractivity contribution in [2.45, 2.75) is 13.5 Å². The van der Waals surface area contributed by atoms with E-state index in [0.717, 1.165) is 10.3 Å². The van der Waals surface area contributed by atoms with Crippen molar-refractivity contribution < 1.29 is 14.0 Å². The van der Waals surface area contributed by atoms with Gasteiger partial charge in [0, 0.05) is 11.9 Å². The molecule has 0 bridgehead atoms. The molecule has 0 spiro atoms. The van der Waals surface area contributed by atoms with E-state index in [1.54, 1.807) is 24.3 Å². The van der Waals surface area contributed by atoms with E-state index in [1.165, 1.54) is 30.5 Å². The van der Waals surface area contributed by atoms with E-state index in [4.69, 9.17) is 4.84 Å². The second-order valence-electron chi connectivity index (χ2n) is 5.78. The van der Waals surface area contributed by atoms with Gasteiger partial charge in [-0.3, -0.25) is 9.59 Å². The molecule has 5 nitrogen and oxygen atoms in total. The van der Waals surface area contributed by atoms with Gasteiger partial charge in [0.05, 0.1) is 0 Å². The Morgan fingerprint density at radius 3 is 2.62 bits per heavy atom. The molecular weight excluding hydrogens is 335 g/mol. The lowest BCUT2D eigenvalue weighted by molar-refractivity contribution is 0.0862. The molecule has 0 aliphatic heterocycles. The number of carbonyl (C=O) groups excluding carboxylic acids is 1. The van der Waals surface area contributed by atoms with Crippen LogP contribution in [0.4, 0.5) is 10.1 Å². The highest BCUT2D eigenvalue weighted by atomic mass is 19.1. The number of nitrogens with one attached hydrogen (secondary N) is 1. The van der Waals surface area contributed by atoms with E-state index < -0.39 is 11.5 Å². The standard InChI is InChI=1S/C20H17FN2O3/c1-14-7-9-17(10-8-14)22-19(24)18-6-3-11-23(20(18)25)26-13-15-4-2-5-16(21)12-15/h2-12H,13H2,1H3,(H,22,24). The molecule has 1 amide bonds. The molecule has 26 heavy (non-hydrogen) atoms. The van der Waals surface area contributed by atoms with Crippen LogP contribution in [-0.4, -0.2) is 10.6 Å². The van der Waals surface area contributed by atoms with Gasteiger partial charge < -0.3 is 10.2 Å². The quantitative estimate of drug-likeness (QED) is 0.767. The van der Waals surface area contributed by atoms with Crippen molar-refractivity contribution in [1.82, 2.24) is 4.73 Å². The van der Waals surface area contributed by atoms with Gasteiger partial charge in [0.1, 0.15) is 18.0 Å². The zero-order chi connectivity index (χ0) is 18.5. The Hall–Kier alpha value is -3.41. The van der Waals surface area contributed by atoms with E-state index in [9.17, 15) is 14.0 Å². The summed E-state index contributed by atoms with van der Waals surface area (Å²) < 4.78 is 14.2. The molecule has 1 heterocycles. The summed E-state index contributed by atoms with van der Waals surface area (Å²) in [6.07, 6.45) is 1.41. The number of amides is 1. The molecule has 0 aliphatic carbocycles. The van der Waals surface area contributed by atoms with E-state index in [2.05, 4.69) is 5.32 Å². The van der Waals surface area contributed by atoms with E-state index >= 15 is 0 Å². The molecule has 3 rings (SSSR count). The van der Waals surface area contributed by atoms with Crippen molar-refractivity contribution in [2.75, 3.05) is 5.32 Å². The number of rotatable bonds is 5. The fourth-order valence-corrected chi connectivity index (χ4v) is 2.36. The van der Waals surface area contributed by atoms with Gasteiger partial charge in [0.15, 0.2) is 0 Å². The maximum absolute atomic E-state index is 13.2. The molecule has 0 unspecified atom stereocenters. The Morgan fingerprint density at radius 2 is 1.88 bits per heavy atom. The zero-order valence-corrected chi connectivity index (χ0v) is 14.1. The van der Waals surface area contributed by atoms with Gasteiger partial charge in [0.2, 0.25) is 0 Å². The molecule has 0 radical (unpaired) electrons. The number of hydrogen-bond acceptors (Lipinski definition) is 3. The fourth-order valence-electron chi connectivity index (χ4n) is 2.36. The summed E-state index contributed by atoms with van der Waals surface area (Å²) in [5, 5.41) is 2.68. The first kappa shape index (κ1) is 17.4. The topological polar surface area (TPSA) is 60.3 Å². The van der Waals surface area contributed by atoms with E-state index in [0.29, 0.717) is 11.3 Å². The second kappa shape index (κ2) is 7.65. The number of halogens is 1. The van der Waals surface area contributed by atoms with Crippen LogP contribution >= 0.6 is 0 Å². The molecular formula is C20H17FN2O3. The number of carbonyl (C=O) groups is 1. The number of anilines is 1. The summed E-state index contributed by atoms with van der Waals surface area (Å²) in [6.45, 7) is 1.94. The van der Waals surface area contributed by atoms with Crippen LogP contribution in [0.3, 0.4) is 0 Å². The Kier molecular flexibility index (Phi) is 5.12. The average Bonchev–Trinajstić information content (AvgIpc) is 2.63. The van der Waals surface area contributed by atoms with Crippen molar-refractivity contribution in [3.63, 3.8) is 0 Å². The lowest BCUT2D eigenvalue weighted by Crippen LogP contribution is -2.32. The van der Waals surface area contributed by atoms with Crippen LogP contribution in [0.15, 0.2) is 71.7 Å². The molecule has 3 aromatic rings. The van der Waals surface area contributed by atoms with Crippen LogP contribution in [-0.2, 0) is 6.61 Å². The van der Waals surface area contributed by atoms with Gasteiger partial charge in [-0.1, -0.05) is 29.8 Å². The number of aryl methyl sites for hydroxylation is 1. The van der Waals surface area contributed by atoms with Crippen LogP contribution < -0.4 is 15.7 Å². The summed E-state index contributed by atoms with van der Waals surface area (Å²) >= 11 is 0. The van der Waals surface area contributed by atoms with Gasteiger partial charge in [-0.25, -0.2) is 4.39 Å². The Morgan fingerprint density at radius 1 is 1.12 bits per heavy atom. The number of hydrogen-bond donors (Lipinski definition) is 1. The molecule has 0 fully saturated rings. The average molecular weight is 352 g/mol. The summed E-state index contributed by atoms with van der Waals surface area (Å²) in [7, 11) is 0. The lowest BCUT2D eigenvalue weighted by Gasteiger charge is -2.10. The van der Waals surface area contributed by atoms with E-state index in [1.807, 2.05) is 19.1 Å². The van der Waals surface area contributed by atoms with Crippen LogP contribution in [0.25, 0.3) is 0 Å². The Bertz CT molecular complexity index is 981. The monoisotopic (exact) mass is 352 g/mol. The predicted octanol–water partition coefficient (Wildman–Crippen LogP) is 3.18. The van der Waals surface area contributed by atoms with Crippen LogP contribution in [0.2, 0.25) is 0 Å². The summed E-state index contributed by atoms with van der Waals surface area (Å²) in [5.74, 6) is -0.910. The largest absolute Gasteiger partial charge is 0.406 e. The molecule has 0 saturated heterocycles. The summed E-state index contributed by atoms with van der Waals surface area (Å²) in [5.41, 5.74) is 1.60. The van der Waals surface area contributed by atoms with Crippen LogP contribution in [0.5, 0.6) is 0 Å². The molecule has 1 aromatic heterocycles. The molecule has 0 atom stereocenters. The van der Waals surface area contributed by atoms with Gasteiger partial charge >= 0.3 is 0 Å². The summed E-state index contributed by atoms with van der Waals surface area (Å²) in [6, 6.07) is 16.1. The van der Waals surface area contributed by atoms with Crippen LogP contribution in [0, 0.1) is 12.7 Å². The smallest absolute Gasteiger partial charge is 0.295 e. The first-order valence-electron chi connectivity index (χ1n) is 8.00. The Balaban J connectivity index is 1.75. The van der Waals surface area contributed by atoms with Crippen LogP contribution in [0.1, 0.15) is 21.5 Å². The third-order valence-electron chi connectivity index (χ3n) is 3.73. The van der Waals surface area contributed by atoms with Gasteiger partial charge in [-0.2, -0.15) is 4.73 Å². The predicted molar refractivity (Wildman–Crippen MR) is 96.5 cm³/mol. The highest BCUT2D eigenvalue weighted by Crippen LogP contribution is 2.10. The molecule has 6 heteroatoms.